The summed E-state index contributed by atoms with van der Waals surface area (Å²) in [5.74, 6) is -1.13. The number of hydrogen-bond donors (Lipinski definition) is 2. The minimum absolute atomic E-state index is 0.0550. The number of amides is 2. The lowest BCUT2D eigenvalue weighted by Crippen LogP contribution is -2.38. The van der Waals surface area contributed by atoms with E-state index in [2.05, 4.69) is 21.2 Å². The number of nitrogens with zero attached hydrogens (tertiary/aromatic N) is 1. The van der Waals surface area contributed by atoms with Crippen LogP contribution in [0.25, 0.3) is 0 Å². The van der Waals surface area contributed by atoms with E-state index < -0.39 is 17.9 Å². The highest BCUT2D eigenvalue weighted by atomic mass is 79.9. The first-order valence-corrected chi connectivity index (χ1v) is 7.30. The Bertz CT molecular complexity index is 502. The van der Waals surface area contributed by atoms with Gasteiger partial charge in [-0.05, 0) is 37.6 Å². The maximum absolute atomic E-state index is 12.0. The Kier molecular flexibility index (Phi) is 4.77. The highest BCUT2D eigenvalue weighted by Gasteiger charge is 2.32. The molecule has 0 saturated carbocycles. The van der Waals surface area contributed by atoms with Crippen molar-refractivity contribution in [2.24, 2.45) is 5.92 Å². The monoisotopic (exact) mass is 340 g/mol. The highest BCUT2D eigenvalue weighted by Crippen LogP contribution is 2.20. The lowest BCUT2D eigenvalue weighted by atomic mass is 10.0. The molecule has 2 amide bonds. The lowest BCUT2D eigenvalue weighted by molar-refractivity contribution is -0.142. The molecule has 1 aliphatic rings. The summed E-state index contributed by atoms with van der Waals surface area (Å²) < 4.78 is 0.904. The van der Waals surface area contributed by atoms with E-state index in [1.54, 1.807) is 31.2 Å². The van der Waals surface area contributed by atoms with Gasteiger partial charge in [0.15, 0.2) is 0 Å². The van der Waals surface area contributed by atoms with Crippen molar-refractivity contribution in [3.05, 3.63) is 28.7 Å². The van der Waals surface area contributed by atoms with Crippen molar-refractivity contribution in [1.29, 1.82) is 0 Å². The Morgan fingerprint density at radius 2 is 2.05 bits per heavy atom. The number of nitrogens with one attached hydrogen (secondary N) is 1. The zero-order valence-electron chi connectivity index (χ0n) is 11.2. The number of aliphatic hydroxyl groups excluding tert-OH is 1. The largest absolute Gasteiger partial charge is 0.393 e. The molecule has 0 aromatic heterocycles. The molecule has 1 fully saturated rings. The zero-order chi connectivity index (χ0) is 14.7. The van der Waals surface area contributed by atoms with Crippen LogP contribution < -0.4 is 5.32 Å². The van der Waals surface area contributed by atoms with E-state index in [9.17, 15) is 14.7 Å². The summed E-state index contributed by atoms with van der Waals surface area (Å²) in [4.78, 5) is 25.4. The van der Waals surface area contributed by atoms with Gasteiger partial charge in [0.25, 0.3) is 0 Å². The highest BCUT2D eigenvalue weighted by molar-refractivity contribution is 9.10. The lowest BCUT2D eigenvalue weighted by Gasteiger charge is -2.17. The zero-order valence-corrected chi connectivity index (χ0v) is 12.8. The summed E-state index contributed by atoms with van der Waals surface area (Å²) in [7, 11) is 0. The van der Waals surface area contributed by atoms with Crippen molar-refractivity contribution in [2.45, 2.75) is 19.4 Å². The van der Waals surface area contributed by atoms with Crippen LogP contribution in [0.5, 0.6) is 0 Å². The molecule has 1 aromatic rings. The average Bonchev–Trinajstić information content (AvgIpc) is 2.90. The molecule has 1 heterocycles. The van der Waals surface area contributed by atoms with Gasteiger partial charge in [0.1, 0.15) is 0 Å². The fourth-order valence-electron chi connectivity index (χ4n) is 2.23. The van der Waals surface area contributed by atoms with Gasteiger partial charge < -0.3 is 15.3 Å². The van der Waals surface area contributed by atoms with Gasteiger partial charge in [0, 0.05) is 29.2 Å². The third-order valence-electron chi connectivity index (χ3n) is 3.49. The van der Waals surface area contributed by atoms with Crippen LogP contribution in [0.3, 0.4) is 0 Å². The number of anilines is 1. The van der Waals surface area contributed by atoms with Gasteiger partial charge in [-0.15, -0.1) is 0 Å². The second-order valence-electron chi connectivity index (χ2n) is 5.00. The Morgan fingerprint density at radius 1 is 1.40 bits per heavy atom. The molecule has 0 bridgehead atoms. The topological polar surface area (TPSA) is 69.6 Å². The molecule has 1 aromatic carbocycles. The Labute approximate surface area is 126 Å². The summed E-state index contributed by atoms with van der Waals surface area (Å²) >= 11 is 3.30. The summed E-state index contributed by atoms with van der Waals surface area (Å²) in [5, 5.41) is 12.1. The van der Waals surface area contributed by atoms with Gasteiger partial charge in [0.2, 0.25) is 0 Å². The van der Waals surface area contributed by atoms with Gasteiger partial charge in [-0.2, -0.15) is 0 Å². The summed E-state index contributed by atoms with van der Waals surface area (Å²) in [5.41, 5.74) is 0.581. The van der Waals surface area contributed by atoms with E-state index in [0.717, 1.165) is 10.9 Å². The van der Waals surface area contributed by atoms with Gasteiger partial charge in [-0.3, -0.25) is 9.59 Å². The molecule has 0 spiro atoms. The number of carbonyl (C=O) groups excluding carboxylic acids is 2. The van der Waals surface area contributed by atoms with Crippen LogP contribution >= 0.6 is 15.9 Å². The van der Waals surface area contributed by atoms with Gasteiger partial charge >= 0.3 is 11.8 Å². The van der Waals surface area contributed by atoms with Crippen molar-refractivity contribution < 1.29 is 14.7 Å². The maximum Gasteiger partial charge on any atom is 0.313 e. The smallest absolute Gasteiger partial charge is 0.313 e. The standard InChI is InChI=1S/C14H17BrN2O3/c1-9(18)10-6-7-17(8-10)14(20)13(19)16-12-4-2-11(15)3-5-12/h2-5,9-10,18H,6-8H2,1H3,(H,16,19). The van der Waals surface area contributed by atoms with E-state index >= 15 is 0 Å². The number of likely N-dealkylation sites (tertiary alicyclic amines) is 1. The third kappa shape index (κ3) is 3.58. The van der Waals surface area contributed by atoms with E-state index in [-0.39, 0.29) is 5.92 Å². The van der Waals surface area contributed by atoms with Crippen molar-refractivity contribution >= 4 is 33.4 Å². The molecule has 6 heteroatoms. The third-order valence-corrected chi connectivity index (χ3v) is 4.02. The molecule has 0 aliphatic carbocycles. The molecule has 2 N–H and O–H groups in total. The van der Waals surface area contributed by atoms with Crippen LogP contribution in [0.15, 0.2) is 28.7 Å². The van der Waals surface area contributed by atoms with Gasteiger partial charge in [-0.25, -0.2) is 0 Å². The molecule has 2 unspecified atom stereocenters. The minimum Gasteiger partial charge on any atom is -0.393 e. The first-order valence-electron chi connectivity index (χ1n) is 6.51. The van der Waals surface area contributed by atoms with Gasteiger partial charge in [-0.1, -0.05) is 15.9 Å². The van der Waals surface area contributed by atoms with Crippen molar-refractivity contribution in [3.8, 4) is 0 Å². The molecule has 1 saturated heterocycles. The summed E-state index contributed by atoms with van der Waals surface area (Å²) in [6.07, 6.45) is 0.275. The first kappa shape index (κ1) is 15.0. The quantitative estimate of drug-likeness (QED) is 0.803. The summed E-state index contributed by atoms with van der Waals surface area (Å²) in [6.45, 7) is 2.66. The number of benzene rings is 1. The number of carbonyl (C=O) groups is 2. The number of halogens is 1. The van der Waals surface area contributed by atoms with Crippen molar-refractivity contribution in [3.63, 3.8) is 0 Å². The second kappa shape index (κ2) is 6.37. The molecule has 0 radical (unpaired) electrons. The second-order valence-corrected chi connectivity index (χ2v) is 5.92. The average molecular weight is 341 g/mol. The Morgan fingerprint density at radius 3 is 2.60 bits per heavy atom. The van der Waals surface area contributed by atoms with Crippen molar-refractivity contribution in [1.82, 2.24) is 4.90 Å². The SMILES string of the molecule is CC(O)C1CCN(C(=O)C(=O)Nc2ccc(Br)cc2)C1. The predicted molar refractivity (Wildman–Crippen MR) is 79.1 cm³/mol. The molecule has 20 heavy (non-hydrogen) atoms. The maximum atomic E-state index is 12.0. The van der Waals surface area contributed by atoms with E-state index in [0.29, 0.717) is 18.8 Å². The number of rotatable bonds is 2. The fourth-order valence-corrected chi connectivity index (χ4v) is 2.49. The molecular formula is C14H17BrN2O3. The van der Waals surface area contributed by atoms with Crippen LogP contribution in [0.1, 0.15) is 13.3 Å². The van der Waals surface area contributed by atoms with Crippen LogP contribution in [-0.4, -0.2) is 41.0 Å². The number of hydrogen-bond acceptors (Lipinski definition) is 3. The Balaban J connectivity index is 1.93. The van der Waals surface area contributed by atoms with Crippen LogP contribution in [0, 0.1) is 5.92 Å². The number of aliphatic hydroxyl groups is 1. The first-order chi connectivity index (χ1) is 9.47. The summed E-state index contributed by atoms with van der Waals surface area (Å²) in [6, 6.07) is 7.02. The Hall–Kier alpha value is -1.40. The van der Waals surface area contributed by atoms with Crippen LogP contribution in [-0.2, 0) is 9.59 Å². The normalized spacial score (nSPS) is 19.8. The molecular weight excluding hydrogens is 324 g/mol. The molecule has 2 atom stereocenters. The molecule has 2 rings (SSSR count). The minimum atomic E-state index is -0.640. The molecule has 5 nitrogen and oxygen atoms in total. The van der Waals surface area contributed by atoms with Gasteiger partial charge in [0.05, 0.1) is 6.10 Å². The fraction of sp³-hybridized carbons (Fsp3) is 0.429. The van der Waals surface area contributed by atoms with Crippen molar-refractivity contribution in [2.75, 3.05) is 18.4 Å². The van der Waals surface area contributed by atoms with Crippen LogP contribution in [0.4, 0.5) is 5.69 Å². The molecule has 108 valence electrons. The predicted octanol–water partition coefficient (Wildman–Crippen LogP) is 1.62. The molecule has 1 aliphatic heterocycles. The van der Waals surface area contributed by atoms with Crippen LogP contribution in [0.2, 0.25) is 0 Å². The van der Waals surface area contributed by atoms with E-state index in [4.69, 9.17) is 0 Å². The van der Waals surface area contributed by atoms with E-state index in [1.807, 2.05) is 0 Å². The van der Waals surface area contributed by atoms with E-state index in [1.165, 1.54) is 4.90 Å².